The monoisotopic (exact) mass is 389 g/mol. The van der Waals surface area contributed by atoms with Gasteiger partial charge in [0.1, 0.15) is 0 Å². The summed E-state index contributed by atoms with van der Waals surface area (Å²) in [4.78, 5) is 4.28. The molecule has 6 nitrogen and oxygen atoms in total. The number of hydrogen-bond donors (Lipinski definition) is 1. The number of rotatable bonds is 4. The number of aromatic nitrogens is 2. The number of nitrogens with one attached hydrogen (secondary N) is 1. The van der Waals surface area contributed by atoms with Crippen molar-refractivity contribution in [3.63, 3.8) is 0 Å². The second kappa shape index (κ2) is 6.63. The van der Waals surface area contributed by atoms with E-state index < -0.39 is 15.6 Å². The summed E-state index contributed by atoms with van der Waals surface area (Å²) >= 11 is 11.9. The quantitative estimate of drug-likeness (QED) is 0.858. The van der Waals surface area contributed by atoms with Gasteiger partial charge in [-0.25, -0.2) is 8.42 Å². The van der Waals surface area contributed by atoms with E-state index in [2.05, 4.69) is 14.9 Å². The molecule has 1 aromatic carbocycles. The van der Waals surface area contributed by atoms with Crippen LogP contribution < -0.4 is 4.72 Å². The summed E-state index contributed by atoms with van der Waals surface area (Å²) in [6.07, 6.45) is 4.03. The predicted molar refractivity (Wildman–Crippen MR) is 90.6 cm³/mol. The summed E-state index contributed by atoms with van der Waals surface area (Å²) in [7, 11) is -3.84. The van der Waals surface area contributed by atoms with Crippen LogP contribution in [-0.2, 0) is 15.6 Å². The fourth-order valence-corrected chi connectivity index (χ4v) is 5.17. The maximum absolute atomic E-state index is 12.9. The van der Waals surface area contributed by atoms with Gasteiger partial charge in [-0.15, -0.1) is 0 Å². The Labute approximate surface area is 150 Å². The van der Waals surface area contributed by atoms with Crippen molar-refractivity contribution in [3.05, 3.63) is 40.0 Å². The van der Waals surface area contributed by atoms with E-state index in [1.54, 1.807) is 6.92 Å². The largest absolute Gasteiger partial charge is 0.340 e. The first-order valence-corrected chi connectivity index (χ1v) is 9.86. The van der Waals surface area contributed by atoms with Crippen molar-refractivity contribution >= 4 is 33.2 Å². The molecule has 1 aromatic heterocycles. The third-order valence-electron chi connectivity index (χ3n) is 4.14. The summed E-state index contributed by atoms with van der Waals surface area (Å²) in [5.74, 6) is 0.774. The van der Waals surface area contributed by atoms with E-state index in [0.29, 0.717) is 24.6 Å². The normalized spacial score (nSPS) is 17.8. The van der Waals surface area contributed by atoms with Crippen LogP contribution in [0.5, 0.6) is 0 Å². The Morgan fingerprint density at radius 2 is 1.75 bits per heavy atom. The second-order valence-electron chi connectivity index (χ2n) is 5.99. The molecule has 130 valence electrons. The van der Waals surface area contributed by atoms with Gasteiger partial charge in [-0.3, -0.25) is 0 Å². The van der Waals surface area contributed by atoms with Crippen molar-refractivity contribution in [2.24, 2.45) is 0 Å². The summed E-state index contributed by atoms with van der Waals surface area (Å²) in [6, 6.07) is 4.22. The standard InChI is InChI=1S/C15H17Cl2N3O3S/c1-10-18-14(19-23-10)15(5-3-2-4-6-15)20-24(21,22)13-8-11(16)7-12(17)9-13/h7-9,20H,2-6H2,1H3. The number of hydrogen-bond acceptors (Lipinski definition) is 5. The zero-order chi connectivity index (χ0) is 17.4. The van der Waals surface area contributed by atoms with Crippen LogP contribution in [0.25, 0.3) is 0 Å². The molecular weight excluding hydrogens is 373 g/mol. The Morgan fingerprint density at radius 1 is 1.12 bits per heavy atom. The molecule has 0 aliphatic heterocycles. The van der Waals surface area contributed by atoms with Crippen LogP contribution in [0.1, 0.15) is 43.8 Å². The van der Waals surface area contributed by atoms with Gasteiger partial charge in [-0.05, 0) is 31.0 Å². The van der Waals surface area contributed by atoms with Crippen LogP contribution in [0.2, 0.25) is 10.0 Å². The third kappa shape index (κ3) is 3.59. The minimum absolute atomic E-state index is 0.0187. The molecule has 0 spiro atoms. The minimum atomic E-state index is -3.84. The molecule has 1 N–H and O–H groups in total. The van der Waals surface area contributed by atoms with E-state index in [1.165, 1.54) is 18.2 Å². The average molecular weight is 390 g/mol. The minimum Gasteiger partial charge on any atom is -0.340 e. The van der Waals surface area contributed by atoms with Crippen LogP contribution in [0.15, 0.2) is 27.6 Å². The van der Waals surface area contributed by atoms with Crippen molar-refractivity contribution < 1.29 is 12.9 Å². The van der Waals surface area contributed by atoms with E-state index >= 15 is 0 Å². The predicted octanol–water partition coefficient (Wildman–Crippen LogP) is 3.82. The summed E-state index contributed by atoms with van der Waals surface area (Å²) in [5, 5.41) is 4.48. The Balaban J connectivity index is 2.00. The number of benzene rings is 1. The molecule has 0 radical (unpaired) electrons. The van der Waals surface area contributed by atoms with Gasteiger partial charge in [0.05, 0.1) is 10.4 Å². The highest BCUT2D eigenvalue weighted by atomic mass is 35.5. The molecule has 3 rings (SSSR count). The molecule has 1 heterocycles. The molecule has 24 heavy (non-hydrogen) atoms. The highest BCUT2D eigenvalue weighted by Crippen LogP contribution is 2.37. The Bertz CT molecular complexity index is 825. The van der Waals surface area contributed by atoms with E-state index in [9.17, 15) is 8.42 Å². The molecule has 0 unspecified atom stereocenters. The lowest BCUT2D eigenvalue weighted by Gasteiger charge is -2.34. The van der Waals surface area contributed by atoms with Crippen LogP contribution in [-0.4, -0.2) is 18.6 Å². The van der Waals surface area contributed by atoms with Gasteiger partial charge in [0.15, 0.2) is 5.82 Å². The summed E-state index contributed by atoms with van der Waals surface area (Å²) in [5.41, 5.74) is -0.871. The SMILES string of the molecule is Cc1nc(C2(NS(=O)(=O)c3cc(Cl)cc(Cl)c3)CCCCC2)no1. The second-order valence-corrected chi connectivity index (χ2v) is 8.55. The molecule has 1 fully saturated rings. The van der Waals surface area contributed by atoms with E-state index in [1.807, 2.05) is 0 Å². The zero-order valence-corrected chi connectivity index (χ0v) is 15.4. The molecule has 0 amide bonds. The van der Waals surface area contributed by atoms with Gasteiger partial charge in [0.2, 0.25) is 15.9 Å². The fraction of sp³-hybridized carbons (Fsp3) is 0.467. The van der Waals surface area contributed by atoms with Crippen molar-refractivity contribution in [1.82, 2.24) is 14.9 Å². The molecule has 1 aliphatic carbocycles. The zero-order valence-electron chi connectivity index (χ0n) is 13.1. The topological polar surface area (TPSA) is 85.1 Å². The maximum Gasteiger partial charge on any atom is 0.241 e. The number of sulfonamides is 1. The Morgan fingerprint density at radius 3 is 2.29 bits per heavy atom. The van der Waals surface area contributed by atoms with Crippen LogP contribution in [0, 0.1) is 6.92 Å². The summed E-state index contributed by atoms with van der Waals surface area (Å²) < 4.78 is 33.6. The van der Waals surface area contributed by atoms with Gasteiger partial charge in [0.25, 0.3) is 0 Å². The number of aryl methyl sites for hydroxylation is 1. The summed E-state index contributed by atoms with van der Waals surface area (Å²) in [6.45, 7) is 1.68. The van der Waals surface area contributed by atoms with Gasteiger partial charge in [-0.1, -0.05) is 47.6 Å². The van der Waals surface area contributed by atoms with Gasteiger partial charge >= 0.3 is 0 Å². The molecule has 0 saturated heterocycles. The molecule has 9 heteroatoms. The number of nitrogens with zero attached hydrogens (tertiary/aromatic N) is 2. The van der Waals surface area contributed by atoms with Crippen molar-refractivity contribution in [2.45, 2.75) is 49.5 Å². The van der Waals surface area contributed by atoms with Crippen molar-refractivity contribution in [1.29, 1.82) is 0 Å². The molecule has 1 saturated carbocycles. The van der Waals surface area contributed by atoms with Crippen molar-refractivity contribution in [2.75, 3.05) is 0 Å². The van der Waals surface area contributed by atoms with Crippen LogP contribution in [0.3, 0.4) is 0 Å². The maximum atomic E-state index is 12.9. The molecule has 0 bridgehead atoms. The number of halogens is 2. The van der Waals surface area contributed by atoms with Crippen molar-refractivity contribution in [3.8, 4) is 0 Å². The molecule has 2 aromatic rings. The highest BCUT2D eigenvalue weighted by Gasteiger charge is 2.42. The van der Waals surface area contributed by atoms with Gasteiger partial charge in [-0.2, -0.15) is 9.71 Å². The lowest BCUT2D eigenvalue weighted by Crippen LogP contribution is -2.47. The average Bonchev–Trinajstić information content (AvgIpc) is 2.94. The lowest BCUT2D eigenvalue weighted by atomic mass is 9.82. The van der Waals surface area contributed by atoms with E-state index in [0.717, 1.165) is 19.3 Å². The van der Waals surface area contributed by atoms with E-state index in [4.69, 9.17) is 27.7 Å². The van der Waals surface area contributed by atoms with Crippen LogP contribution >= 0.6 is 23.2 Å². The van der Waals surface area contributed by atoms with E-state index in [-0.39, 0.29) is 14.9 Å². The first kappa shape index (κ1) is 17.7. The third-order valence-corrected chi connectivity index (χ3v) is 6.09. The molecule has 1 aliphatic rings. The van der Waals surface area contributed by atoms with Gasteiger partial charge in [0, 0.05) is 17.0 Å². The molecular formula is C15H17Cl2N3O3S. The van der Waals surface area contributed by atoms with Crippen LogP contribution in [0.4, 0.5) is 0 Å². The first-order valence-electron chi connectivity index (χ1n) is 7.62. The Kier molecular flexibility index (Phi) is 4.88. The fourth-order valence-electron chi connectivity index (χ4n) is 3.02. The smallest absolute Gasteiger partial charge is 0.241 e. The highest BCUT2D eigenvalue weighted by molar-refractivity contribution is 7.89. The van der Waals surface area contributed by atoms with Gasteiger partial charge < -0.3 is 4.52 Å². The lowest BCUT2D eigenvalue weighted by molar-refractivity contribution is 0.248. The Hall–Kier alpha value is -1.15. The first-order chi connectivity index (χ1) is 11.3. The molecule has 0 atom stereocenters.